The van der Waals surface area contributed by atoms with Crippen LogP contribution in [-0.4, -0.2) is 22.9 Å². The Morgan fingerprint density at radius 3 is 2.71 bits per heavy atom. The van der Waals surface area contributed by atoms with Crippen LogP contribution in [0.3, 0.4) is 0 Å². The summed E-state index contributed by atoms with van der Waals surface area (Å²) in [7, 11) is 0. The largest absolute Gasteiger partial charge is 0.459 e. The minimum atomic E-state index is -1.84. The molecule has 0 bridgehead atoms. The van der Waals surface area contributed by atoms with E-state index in [0.717, 1.165) is 4.47 Å². The predicted octanol–water partition coefficient (Wildman–Crippen LogP) is 3.58. The van der Waals surface area contributed by atoms with Gasteiger partial charge in [0.25, 0.3) is 0 Å². The maximum atomic E-state index is 12.6. The van der Waals surface area contributed by atoms with Crippen LogP contribution in [0.15, 0.2) is 27.8 Å². The summed E-state index contributed by atoms with van der Waals surface area (Å²) in [5.74, 6) is -1.33. The van der Waals surface area contributed by atoms with E-state index in [2.05, 4.69) is 26.0 Å². The van der Waals surface area contributed by atoms with Gasteiger partial charge in [0.15, 0.2) is 5.78 Å². The van der Waals surface area contributed by atoms with Crippen LogP contribution in [0.5, 0.6) is 0 Å². The van der Waals surface area contributed by atoms with Gasteiger partial charge in [-0.15, -0.1) is 0 Å². The van der Waals surface area contributed by atoms with Crippen LogP contribution in [0.2, 0.25) is 0 Å². The number of ether oxygens (including phenoxy) is 1. The van der Waals surface area contributed by atoms with Crippen molar-refractivity contribution in [1.82, 2.24) is 0 Å². The first-order chi connectivity index (χ1) is 9.69. The zero-order chi connectivity index (χ0) is 15.8. The highest BCUT2D eigenvalue weighted by molar-refractivity contribution is 9.10. The third-order valence-electron chi connectivity index (χ3n) is 3.09. The molecular formula is C14H14BrN3O3. The van der Waals surface area contributed by atoms with Crippen molar-refractivity contribution >= 4 is 27.7 Å². The Morgan fingerprint density at radius 2 is 2.14 bits per heavy atom. The lowest BCUT2D eigenvalue weighted by atomic mass is 9.95. The molecule has 1 aromatic carbocycles. The van der Waals surface area contributed by atoms with Crippen molar-refractivity contribution in [2.45, 2.75) is 38.3 Å². The van der Waals surface area contributed by atoms with Gasteiger partial charge in [0.05, 0.1) is 0 Å². The number of benzene rings is 1. The summed E-state index contributed by atoms with van der Waals surface area (Å²) in [5, 5.41) is 3.51. The first-order valence-corrected chi connectivity index (χ1v) is 7.12. The molecule has 0 radical (unpaired) electrons. The zero-order valence-electron chi connectivity index (χ0n) is 11.9. The second-order valence-electron chi connectivity index (χ2n) is 5.86. The molecule has 1 aromatic rings. The number of hydrogen-bond donors (Lipinski definition) is 0. The van der Waals surface area contributed by atoms with E-state index in [4.69, 9.17) is 10.3 Å². The van der Waals surface area contributed by atoms with Gasteiger partial charge in [0.1, 0.15) is 5.60 Å². The van der Waals surface area contributed by atoms with Crippen molar-refractivity contribution in [3.8, 4) is 0 Å². The second kappa shape index (κ2) is 5.16. The Bertz CT molecular complexity index is 675. The van der Waals surface area contributed by atoms with Crippen LogP contribution >= 0.6 is 15.9 Å². The van der Waals surface area contributed by atoms with Gasteiger partial charge in [-0.25, -0.2) is 0 Å². The van der Waals surface area contributed by atoms with E-state index >= 15 is 0 Å². The van der Waals surface area contributed by atoms with Gasteiger partial charge in [-0.05, 0) is 50.1 Å². The summed E-state index contributed by atoms with van der Waals surface area (Å²) >= 11 is 3.32. The van der Waals surface area contributed by atoms with Gasteiger partial charge < -0.3 is 4.74 Å². The summed E-state index contributed by atoms with van der Waals surface area (Å²) in [6, 6.07) is 5.06. The van der Waals surface area contributed by atoms with Crippen LogP contribution in [0.25, 0.3) is 10.4 Å². The zero-order valence-corrected chi connectivity index (χ0v) is 13.5. The minimum absolute atomic E-state index is 0.0135. The van der Waals surface area contributed by atoms with Crippen LogP contribution in [0.1, 0.15) is 36.7 Å². The Kier molecular flexibility index (Phi) is 3.82. The number of azide groups is 1. The molecule has 2 rings (SSSR count). The standard InChI is InChI=1S/C14H14BrN3O3/c1-13(2,3)21-12(20)14(17-18-16)7-8-6-9(15)4-5-10(8)11(14)19/h4-6H,7H2,1-3H3. The highest BCUT2D eigenvalue weighted by atomic mass is 79.9. The predicted molar refractivity (Wildman–Crippen MR) is 79.9 cm³/mol. The average Bonchev–Trinajstić information content (AvgIpc) is 2.61. The van der Waals surface area contributed by atoms with E-state index in [1.807, 2.05) is 0 Å². The topological polar surface area (TPSA) is 92.1 Å². The summed E-state index contributed by atoms with van der Waals surface area (Å²) < 4.78 is 6.06. The monoisotopic (exact) mass is 351 g/mol. The Labute approximate surface area is 130 Å². The Balaban J connectivity index is 2.50. The normalized spacial score (nSPS) is 20.7. The first kappa shape index (κ1) is 15.5. The molecule has 0 fully saturated rings. The molecule has 1 unspecified atom stereocenters. The van der Waals surface area contributed by atoms with Crippen molar-refractivity contribution in [2.24, 2.45) is 5.11 Å². The van der Waals surface area contributed by atoms with Crippen molar-refractivity contribution in [3.05, 3.63) is 44.2 Å². The van der Waals surface area contributed by atoms with E-state index in [9.17, 15) is 9.59 Å². The molecule has 0 spiro atoms. The van der Waals surface area contributed by atoms with E-state index in [1.54, 1.807) is 39.0 Å². The maximum Gasteiger partial charge on any atom is 0.326 e. The number of halogens is 1. The number of carbonyl (C=O) groups is 2. The fraction of sp³-hybridized carbons (Fsp3) is 0.429. The molecule has 0 aliphatic heterocycles. The molecule has 7 heteroatoms. The first-order valence-electron chi connectivity index (χ1n) is 6.32. The van der Waals surface area contributed by atoms with Gasteiger partial charge in [-0.3, -0.25) is 9.59 Å². The number of rotatable bonds is 2. The van der Waals surface area contributed by atoms with Gasteiger partial charge in [0.2, 0.25) is 5.54 Å². The lowest BCUT2D eigenvalue weighted by molar-refractivity contribution is -0.159. The average molecular weight is 352 g/mol. The smallest absolute Gasteiger partial charge is 0.326 e. The van der Waals surface area contributed by atoms with E-state index in [1.165, 1.54) is 0 Å². The number of hydrogen-bond acceptors (Lipinski definition) is 4. The molecule has 1 aliphatic rings. The number of ketones is 1. The van der Waals surface area contributed by atoms with Crippen molar-refractivity contribution < 1.29 is 14.3 Å². The van der Waals surface area contributed by atoms with Crippen LogP contribution < -0.4 is 0 Å². The third-order valence-corrected chi connectivity index (χ3v) is 3.58. The van der Waals surface area contributed by atoms with Gasteiger partial charge in [-0.1, -0.05) is 21.0 Å². The van der Waals surface area contributed by atoms with E-state index in [-0.39, 0.29) is 6.42 Å². The van der Waals surface area contributed by atoms with Crippen molar-refractivity contribution in [3.63, 3.8) is 0 Å². The number of Topliss-reactive ketones (excluding diaryl/α,β-unsaturated/α-hetero) is 1. The third kappa shape index (κ3) is 2.80. The summed E-state index contributed by atoms with van der Waals surface area (Å²) in [5.41, 5.74) is 7.21. The number of nitrogens with zero attached hydrogens (tertiary/aromatic N) is 3. The van der Waals surface area contributed by atoms with Crippen molar-refractivity contribution in [2.75, 3.05) is 0 Å². The second-order valence-corrected chi connectivity index (χ2v) is 6.77. The van der Waals surface area contributed by atoms with Gasteiger partial charge >= 0.3 is 5.97 Å². The van der Waals surface area contributed by atoms with Crippen LogP contribution in [0.4, 0.5) is 0 Å². The fourth-order valence-electron chi connectivity index (χ4n) is 2.23. The highest BCUT2D eigenvalue weighted by Crippen LogP contribution is 2.36. The molecule has 0 heterocycles. The number of carbonyl (C=O) groups excluding carboxylic acids is 2. The molecule has 110 valence electrons. The summed E-state index contributed by atoms with van der Waals surface area (Å²) in [6.07, 6.45) is 0.0135. The van der Waals surface area contributed by atoms with Crippen molar-refractivity contribution in [1.29, 1.82) is 0 Å². The number of fused-ring (bicyclic) bond motifs is 1. The molecule has 21 heavy (non-hydrogen) atoms. The molecule has 0 amide bonds. The fourth-order valence-corrected chi connectivity index (χ4v) is 2.64. The maximum absolute atomic E-state index is 12.6. The van der Waals surface area contributed by atoms with E-state index < -0.39 is 22.9 Å². The van der Waals surface area contributed by atoms with Gasteiger partial charge in [0, 0.05) is 21.4 Å². The minimum Gasteiger partial charge on any atom is -0.459 e. The van der Waals surface area contributed by atoms with Gasteiger partial charge in [-0.2, -0.15) is 0 Å². The highest BCUT2D eigenvalue weighted by Gasteiger charge is 2.53. The molecule has 6 nitrogen and oxygen atoms in total. The molecule has 0 saturated heterocycles. The quantitative estimate of drug-likeness (QED) is 0.268. The molecular weight excluding hydrogens is 338 g/mol. The van der Waals surface area contributed by atoms with E-state index in [0.29, 0.717) is 11.1 Å². The number of esters is 1. The Morgan fingerprint density at radius 1 is 1.48 bits per heavy atom. The van der Waals surface area contributed by atoms with Crippen LogP contribution in [-0.2, 0) is 16.0 Å². The molecule has 1 aliphatic carbocycles. The molecule has 1 atom stereocenters. The molecule has 0 aromatic heterocycles. The summed E-state index contributed by atoms with van der Waals surface area (Å²) in [6.45, 7) is 5.08. The molecule has 0 saturated carbocycles. The Hall–Kier alpha value is -1.85. The lowest BCUT2D eigenvalue weighted by Crippen LogP contribution is -2.46. The summed E-state index contributed by atoms with van der Waals surface area (Å²) in [4.78, 5) is 27.7. The van der Waals surface area contributed by atoms with Crippen LogP contribution in [0, 0.1) is 0 Å². The molecule has 0 N–H and O–H groups in total. The SMILES string of the molecule is CC(C)(C)OC(=O)C1(N=[N+]=[N-])Cc2cc(Br)ccc2C1=O. The lowest BCUT2D eigenvalue weighted by Gasteiger charge is -2.26.